The largest absolute Gasteiger partial charge is 0.419 e. The molecule has 0 radical (unpaired) electrons. The highest BCUT2D eigenvalue weighted by molar-refractivity contribution is 6.67. The molecular weight excluding hydrogens is 94.1 g/mol. The first-order valence-electron chi connectivity index (χ1n) is 1.97. The summed E-state index contributed by atoms with van der Waals surface area (Å²) in [6, 6.07) is 0. The van der Waals surface area contributed by atoms with Gasteiger partial charge in [0.2, 0.25) is 0 Å². The molecule has 0 atom stereocenters. The van der Waals surface area contributed by atoms with E-state index in [0.717, 1.165) is 0 Å². The molecule has 0 saturated heterocycles. The van der Waals surface area contributed by atoms with Gasteiger partial charge in [0.25, 0.3) is 8.48 Å². The summed E-state index contributed by atoms with van der Waals surface area (Å²) in [5, 5.41) is 0. The van der Waals surface area contributed by atoms with E-state index in [1.54, 1.807) is 7.05 Å². The number of hydrogen-bond donors (Lipinski definition) is 2. The summed E-state index contributed by atoms with van der Waals surface area (Å²) in [5.74, 6) is 0. The maximum atomic E-state index is 8.85. The molecule has 0 aromatic heterocycles. The molecule has 0 unspecified atom stereocenters. The molecule has 2 nitrogen and oxygen atoms in total. The second kappa shape index (κ2) is 1.73. The van der Waals surface area contributed by atoms with Gasteiger partial charge >= 0.3 is 0 Å². The summed E-state index contributed by atoms with van der Waals surface area (Å²) in [7, 11) is -0.111. The molecule has 0 aliphatic carbocycles. The third kappa shape index (κ3) is 4.14. The number of hydrogen-bond acceptors (Lipinski definition) is 2. The zero-order valence-electron chi connectivity index (χ0n) is 4.45. The van der Waals surface area contributed by atoms with Gasteiger partial charge in [-0.2, -0.15) is 0 Å². The predicted octanol–water partition coefficient (Wildman–Crippen LogP) is -0.100. The van der Waals surface area contributed by atoms with Gasteiger partial charge in [-0.3, -0.25) is 0 Å². The van der Waals surface area contributed by atoms with Crippen molar-refractivity contribution < 1.29 is 4.80 Å². The molecular formula is C3H11NOSi. The zero-order chi connectivity index (χ0) is 5.21. The highest BCUT2D eigenvalue weighted by Crippen LogP contribution is 1.83. The molecule has 3 heteroatoms. The molecule has 0 bridgehead atoms. The summed E-state index contributed by atoms with van der Waals surface area (Å²) < 4.78 is 0. The molecule has 0 aliphatic heterocycles. The minimum Gasteiger partial charge on any atom is -0.419 e. The van der Waals surface area contributed by atoms with Gasteiger partial charge in [0.15, 0.2) is 0 Å². The van der Waals surface area contributed by atoms with Crippen LogP contribution in [-0.4, -0.2) is 20.3 Å². The van der Waals surface area contributed by atoms with Gasteiger partial charge in [-0.25, -0.2) is 0 Å². The fourth-order valence-corrected chi connectivity index (χ4v) is 0. The lowest BCUT2D eigenvalue weighted by Crippen LogP contribution is -2.41. The fraction of sp³-hybridized carbons (Fsp3) is 1.00. The smallest absolute Gasteiger partial charge is 0.259 e. The Bertz CT molecular complexity index is 40.5. The van der Waals surface area contributed by atoms with Gasteiger partial charge in [-0.15, -0.1) is 0 Å². The molecule has 0 amide bonds. The van der Waals surface area contributed by atoms with Crippen molar-refractivity contribution in [2.24, 2.45) is 0 Å². The van der Waals surface area contributed by atoms with Gasteiger partial charge in [-0.1, -0.05) is 0 Å². The van der Waals surface area contributed by atoms with Crippen molar-refractivity contribution in [2.45, 2.75) is 13.1 Å². The normalized spacial score (nSPS) is 12.0. The summed E-state index contributed by atoms with van der Waals surface area (Å²) in [6.07, 6.45) is 0. The highest BCUT2D eigenvalue weighted by Gasteiger charge is 2.11. The molecule has 0 rings (SSSR count). The standard InChI is InChI=1S/C3H11NOSi/c1-4-6(2,3)5/h4-5H,1-3H3. The van der Waals surface area contributed by atoms with Crippen LogP contribution in [0.1, 0.15) is 0 Å². The summed E-state index contributed by atoms with van der Waals surface area (Å²) in [5.41, 5.74) is 0. The van der Waals surface area contributed by atoms with E-state index in [1.807, 2.05) is 13.1 Å². The van der Waals surface area contributed by atoms with Crippen LogP contribution in [0.2, 0.25) is 13.1 Å². The summed E-state index contributed by atoms with van der Waals surface area (Å²) in [4.78, 5) is 11.7. The van der Waals surface area contributed by atoms with E-state index in [2.05, 4.69) is 4.98 Å². The second-order valence-corrected chi connectivity index (χ2v) is 5.43. The van der Waals surface area contributed by atoms with Crippen molar-refractivity contribution in [1.29, 1.82) is 0 Å². The summed E-state index contributed by atoms with van der Waals surface area (Å²) in [6.45, 7) is 3.65. The molecule has 2 N–H and O–H groups in total. The van der Waals surface area contributed by atoms with Crippen LogP contribution in [0.25, 0.3) is 0 Å². The van der Waals surface area contributed by atoms with Crippen LogP contribution < -0.4 is 4.98 Å². The van der Waals surface area contributed by atoms with Crippen LogP contribution >= 0.6 is 0 Å². The quantitative estimate of drug-likeness (QED) is 0.456. The van der Waals surface area contributed by atoms with E-state index in [9.17, 15) is 0 Å². The minimum absolute atomic E-state index is 1.77. The van der Waals surface area contributed by atoms with Crippen LogP contribution in [0, 0.1) is 0 Å². The van der Waals surface area contributed by atoms with Crippen LogP contribution in [0.5, 0.6) is 0 Å². The Hall–Kier alpha value is 0.137. The Morgan fingerprint density at radius 2 is 1.67 bits per heavy atom. The zero-order valence-corrected chi connectivity index (χ0v) is 5.45. The lowest BCUT2D eigenvalue weighted by Gasteiger charge is -2.09. The average Bonchev–Trinajstić information content (AvgIpc) is 1.35. The van der Waals surface area contributed by atoms with E-state index < -0.39 is 8.48 Å². The topological polar surface area (TPSA) is 32.3 Å². The van der Waals surface area contributed by atoms with Crippen molar-refractivity contribution in [3.8, 4) is 0 Å². The van der Waals surface area contributed by atoms with Gasteiger partial charge in [0.05, 0.1) is 0 Å². The maximum absolute atomic E-state index is 8.85. The van der Waals surface area contributed by atoms with Crippen molar-refractivity contribution >= 4 is 8.48 Å². The predicted molar refractivity (Wildman–Crippen MR) is 28.8 cm³/mol. The lowest BCUT2D eigenvalue weighted by molar-refractivity contribution is 0.535. The molecule has 38 valence electrons. The van der Waals surface area contributed by atoms with Gasteiger partial charge < -0.3 is 9.78 Å². The molecule has 6 heavy (non-hydrogen) atoms. The van der Waals surface area contributed by atoms with E-state index in [0.29, 0.717) is 0 Å². The first kappa shape index (κ1) is 6.14. The Balaban J connectivity index is 3.17. The number of rotatable bonds is 1. The van der Waals surface area contributed by atoms with E-state index in [1.165, 1.54) is 0 Å². The van der Waals surface area contributed by atoms with Crippen molar-refractivity contribution in [3.63, 3.8) is 0 Å². The molecule has 0 saturated carbocycles. The maximum Gasteiger partial charge on any atom is 0.259 e. The van der Waals surface area contributed by atoms with E-state index >= 15 is 0 Å². The third-order valence-electron chi connectivity index (χ3n) is 0.612. The van der Waals surface area contributed by atoms with Crippen molar-refractivity contribution in [1.82, 2.24) is 4.98 Å². The first-order chi connectivity index (χ1) is 2.56. The average molecular weight is 105 g/mol. The molecule has 0 aromatic carbocycles. The van der Waals surface area contributed by atoms with Gasteiger partial charge in [-0.05, 0) is 20.1 Å². The SMILES string of the molecule is CN[Si](C)(C)O. The van der Waals surface area contributed by atoms with E-state index in [-0.39, 0.29) is 0 Å². The fourth-order valence-electron chi connectivity index (χ4n) is 0. The molecule has 0 aliphatic rings. The Kier molecular flexibility index (Phi) is 1.77. The molecule has 0 aromatic rings. The second-order valence-electron chi connectivity index (χ2n) is 1.81. The Labute approximate surface area is 39.4 Å². The first-order valence-corrected chi connectivity index (χ1v) is 4.92. The van der Waals surface area contributed by atoms with Crippen LogP contribution in [0.15, 0.2) is 0 Å². The molecule has 0 heterocycles. The monoisotopic (exact) mass is 105 g/mol. The van der Waals surface area contributed by atoms with Crippen LogP contribution in [-0.2, 0) is 0 Å². The Morgan fingerprint density at radius 1 is 1.50 bits per heavy atom. The van der Waals surface area contributed by atoms with Crippen LogP contribution in [0.3, 0.4) is 0 Å². The number of nitrogens with one attached hydrogen (secondary N) is 1. The molecule has 0 fully saturated rings. The molecule has 0 spiro atoms. The van der Waals surface area contributed by atoms with Crippen molar-refractivity contribution in [2.75, 3.05) is 7.05 Å². The van der Waals surface area contributed by atoms with Gasteiger partial charge in [0, 0.05) is 0 Å². The van der Waals surface area contributed by atoms with Crippen molar-refractivity contribution in [3.05, 3.63) is 0 Å². The van der Waals surface area contributed by atoms with Crippen LogP contribution in [0.4, 0.5) is 0 Å². The highest BCUT2D eigenvalue weighted by atomic mass is 28.4. The lowest BCUT2D eigenvalue weighted by atomic mass is 11.6. The summed E-state index contributed by atoms with van der Waals surface area (Å²) >= 11 is 0. The minimum atomic E-state index is -1.88. The third-order valence-corrected chi connectivity index (χ3v) is 1.84. The Morgan fingerprint density at radius 3 is 1.67 bits per heavy atom. The van der Waals surface area contributed by atoms with Gasteiger partial charge in [0.1, 0.15) is 0 Å². The van der Waals surface area contributed by atoms with E-state index in [4.69, 9.17) is 4.80 Å².